The lowest BCUT2D eigenvalue weighted by molar-refractivity contribution is -0.0167. The molecule has 4 heteroatoms. The Labute approximate surface area is 98.3 Å². The van der Waals surface area contributed by atoms with E-state index in [9.17, 15) is 15.0 Å². The maximum Gasteiger partial charge on any atom is 0.408 e. The molecule has 2 N–H and O–H groups in total. The van der Waals surface area contributed by atoms with E-state index in [1.165, 1.54) is 4.90 Å². The molecule has 0 aromatic carbocycles. The molecule has 16 heavy (non-hydrogen) atoms. The smallest absolute Gasteiger partial charge is 0.408 e. The minimum Gasteiger partial charge on any atom is -0.465 e. The van der Waals surface area contributed by atoms with Crippen molar-refractivity contribution in [2.75, 3.05) is 6.61 Å². The zero-order chi connectivity index (χ0) is 13.1. The van der Waals surface area contributed by atoms with Gasteiger partial charge in [-0.05, 0) is 40.0 Å². The van der Waals surface area contributed by atoms with Crippen LogP contribution in [0.2, 0.25) is 0 Å². The van der Waals surface area contributed by atoms with E-state index in [0.29, 0.717) is 12.3 Å². The Bertz CT molecular complexity index is 245. The molecule has 1 unspecified atom stereocenters. The molecular weight excluding hydrogens is 206 g/mol. The second-order valence-electron chi connectivity index (χ2n) is 6.04. The lowest BCUT2D eigenvalue weighted by Gasteiger charge is -2.47. The summed E-state index contributed by atoms with van der Waals surface area (Å²) in [5, 5.41) is 18.8. The average Bonchev–Trinajstić information content (AvgIpc) is 1.98. The fourth-order valence-electron chi connectivity index (χ4n) is 2.43. The van der Waals surface area contributed by atoms with Crippen molar-refractivity contribution in [1.29, 1.82) is 0 Å². The number of carbonyl (C=O) groups is 1. The van der Waals surface area contributed by atoms with Crippen LogP contribution >= 0.6 is 0 Å². The first-order valence-electron chi connectivity index (χ1n) is 5.68. The molecular formula is C12H25NO3. The highest BCUT2D eigenvalue weighted by atomic mass is 16.4. The zero-order valence-electron chi connectivity index (χ0n) is 11.2. The Balaban J connectivity index is 5.21. The van der Waals surface area contributed by atoms with Crippen LogP contribution in [-0.2, 0) is 0 Å². The Morgan fingerprint density at radius 2 is 1.69 bits per heavy atom. The van der Waals surface area contributed by atoms with Crippen molar-refractivity contribution in [3.63, 3.8) is 0 Å². The van der Waals surface area contributed by atoms with Crippen molar-refractivity contribution in [3.8, 4) is 0 Å². The van der Waals surface area contributed by atoms with Crippen LogP contribution in [0, 0.1) is 5.92 Å². The van der Waals surface area contributed by atoms with E-state index in [4.69, 9.17) is 0 Å². The van der Waals surface area contributed by atoms with Gasteiger partial charge in [-0.2, -0.15) is 0 Å². The van der Waals surface area contributed by atoms with Gasteiger partial charge in [0.25, 0.3) is 0 Å². The second-order valence-corrected chi connectivity index (χ2v) is 6.04. The van der Waals surface area contributed by atoms with E-state index in [1.807, 2.05) is 34.6 Å². The molecule has 0 fully saturated rings. The molecule has 1 amide bonds. The number of nitrogens with zero attached hydrogens (tertiary/aromatic N) is 1. The molecule has 1 atom stereocenters. The number of rotatable bonds is 4. The summed E-state index contributed by atoms with van der Waals surface area (Å²) in [6.45, 7) is 11.2. The molecule has 0 radical (unpaired) electrons. The predicted octanol–water partition coefficient (Wildman–Crippen LogP) is 2.56. The number of aliphatic hydroxyl groups excluding tert-OH is 1. The van der Waals surface area contributed by atoms with Crippen molar-refractivity contribution in [1.82, 2.24) is 4.90 Å². The molecule has 0 aliphatic carbocycles. The third-order valence-corrected chi connectivity index (χ3v) is 2.59. The first-order valence-corrected chi connectivity index (χ1v) is 5.68. The molecule has 4 nitrogen and oxygen atoms in total. The van der Waals surface area contributed by atoms with Gasteiger partial charge in [-0.3, -0.25) is 4.90 Å². The third-order valence-electron chi connectivity index (χ3n) is 2.59. The fourth-order valence-corrected chi connectivity index (χ4v) is 2.43. The van der Waals surface area contributed by atoms with Crippen molar-refractivity contribution in [3.05, 3.63) is 0 Å². The van der Waals surface area contributed by atoms with Gasteiger partial charge in [0, 0.05) is 5.54 Å². The highest BCUT2D eigenvalue weighted by Crippen LogP contribution is 2.30. The lowest BCUT2D eigenvalue weighted by Crippen LogP contribution is -2.60. The van der Waals surface area contributed by atoms with E-state index in [1.54, 1.807) is 6.92 Å². The molecule has 0 aliphatic rings. The maximum atomic E-state index is 11.3. The summed E-state index contributed by atoms with van der Waals surface area (Å²) in [4.78, 5) is 12.7. The van der Waals surface area contributed by atoms with E-state index < -0.39 is 17.2 Å². The maximum absolute atomic E-state index is 11.3. The second kappa shape index (κ2) is 5.04. The first kappa shape index (κ1) is 15.2. The van der Waals surface area contributed by atoms with Gasteiger partial charge < -0.3 is 10.2 Å². The lowest BCUT2D eigenvalue weighted by atomic mass is 9.86. The van der Waals surface area contributed by atoms with Gasteiger partial charge in [-0.25, -0.2) is 4.79 Å². The highest BCUT2D eigenvalue weighted by Gasteiger charge is 2.41. The van der Waals surface area contributed by atoms with Gasteiger partial charge in [0.2, 0.25) is 0 Å². The number of carboxylic acid groups (broad SMARTS) is 1. The Morgan fingerprint density at radius 3 is 1.88 bits per heavy atom. The summed E-state index contributed by atoms with van der Waals surface area (Å²) in [5.74, 6) is 0.335. The number of hydrogen-bond acceptors (Lipinski definition) is 2. The third kappa shape index (κ3) is 3.67. The molecule has 0 aromatic rings. The molecule has 96 valence electrons. The average molecular weight is 231 g/mol. The summed E-state index contributed by atoms with van der Waals surface area (Å²) >= 11 is 0. The summed E-state index contributed by atoms with van der Waals surface area (Å²) in [5.41, 5.74) is -1.24. The van der Waals surface area contributed by atoms with Gasteiger partial charge in [0.15, 0.2) is 0 Å². The van der Waals surface area contributed by atoms with Crippen LogP contribution in [0.25, 0.3) is 0 Å². The van der Waals surface area contributed by atoms with E-state index in [2.05, 4.69) is 0 Å². The van der Waals surface area contributed by atoms with Crippen molar-refractivity contribution < 1.29 is 15.0 Å². The molecule has 0 rings (SSSR count). The molecule has 0 saturated heterocycles. The molecule has 0 heterocycles. The molecule has 0 saturated carbocycles. The summed E-state index contributed by atoms with van der Waals surface area (Å²) in [7, 11) is 0. The van der Waals surface area contributed by atoms with Gasteiger partial charge >= 0.3 is 6.09 Å². The molecule has 0 spiro atoms. The van der Waals surface area contributed by atoms with E-state index in [0.717, 1.165) is 0 Å². The summed E-state index contributed by atoms with van der Waals surface area (Å²) < 4.78 is 0. The molecule has 0 bridgehead atoms. The van der Waals surface area contributed by atoms with Gasteiger partial charge in [0.1, 0.15) is 0 Å². The van der Waals surface area contributed by atoms with Crippen LogP contribution in [0.4, 0.5) is 4.79 Å². The number of amides is 1. The van der Waals surface area contributed by atoms with Crippen LogP contribution in [-0.4, -0.2) is 38.9 Å². The van der Waals surface area contributed by atoms with Gasteiger partial charge in [0.05, 0.1) is 12.1 Å². The molecule has 0 aromatic heterocycles. The highest BCUT2D eigenvalue weighted by molar-refractivity contribution is 5.67. The zero-order valence-corrected chi connectivity index (χ0v) is 11.2. The Hall–Kier alpha value is -0.770. The van der Waals surface area contributed by atoms with E-state index in [-0.39, 0.29) is 6.61 Å². The first-order chi connectivity index (χ1) is 7.04. The van der Waals surface area contributed by atoms with Crippen molar-refractivity contribution in [2.45, 2.75) is 59.0 Å². The van der Waals surface area contributed by atoms with Crippen molar-refractivity contribution in [2.24, 2.45) is 5.92 Å². The largest absolute Gasteiger partial charge is 0.465 e. The monoisotopic (exact) mass is 231 g/mol. The van der Waals surface area contributed by atoms with Crippen LogP contribution in [0.3, 0.4) is 0 Å². The number of hydrogen-bond donors (Lipinski definition) is 2. The Kier molecular flexibility index (Phi) is 4.80. The van der Waals surface area contributed by atoms with Crippen LogP contribution in [0.1, 0.15) is 48.0 Å². The SMILES string of the molecule is CC(C)CC(C)(CO)N(C(=O)O)C(C)(C)C. The predicted molar refractivity (Wildman–Crippen MR) is 64.6 cm³/mol. The van der Waals surface area contributed by atoms with E-state index >= 15 is 0 Å². The number of aliphatic hydroxyl groups is 1. The Morgan fingerprint density at radius 1 is 1.25 bits per heavy atom. The normalized spacial score (nSPS) is 16.0. The van der Waals surface area contributed by atoms with Crippen LogP contribution in [0.5, 0.6) is 0 Å². The van der Waals surface area contributed by atoms with Crippen LogP contribution in [0.15, 0.2) is 0 Å². The quantitative estimate of drug-likeness (QED) is 0.781. The summed E-state index contributed by atoms with van der Waals surface area (Å²) in [6.07, 6.45) is -0.336. The topological polar surface area (TPSA) is 60.8 Å². The standard InChI is InChI=1S/C12H25NO3/c1-9(2)7-12(6,8-14)13(10(15)16)11(3,4)5/h9,14H,7-8H2,1-6H3,(H,15,16). The minimum absolute atomic E-state index is 0.158. The van der Waals surface area contributed by atoms with Crippen molar-refractivity contribution >= 4 is 6.09 Å². The van der Waals surface area contributed by atoms with Gasteiger partial charge in [-0.15, -0.1) is 0 Å². The summed E-state index contributed by atoms with van der Waals surface area (Å²) in [6, 6.07) is 0. The van der Waals surface area contributed by atoms with Crippen LogP contribution < -0.4 is 0 Å². The fraction of sp³-hybridized carbons (Fsp3) is 0.917. The minimum atomic E-state index is -0.982. The van der Waals surface area contributed by atoms with Gasteiger partial charge in [-0.1, -0.05) is 13.8 Å². The molecule has 0 aliphatic heterocycles.